The van der Waals surface area contributed by atoms with Crippen LogP contribution >= 0.6 is 0 Å². The van der Waals surface area contributed by atoms with Crippen LogP contribution in [-0.4, -0.2) is 102 Å². The molecule has 3 saturated carbocycles. The number of rotatable bonds is 23. The number of fused-ring (bicyclic) bond motifs is 5. The summed E-state index contributed by atoms with van der Waals surface area (Å²) in [6.45, 7) is 31.0. The molecule has 0 radical (unpaired) electrons. The number of allylic oxidation sites excluding steroid dienone is 1. The highest BCUT2D eigenvalue weighted by atomic mass is 16.6. The summed E-state index contributed by atoms with van der Waals surface area (Å²) < 4.78 is 22.7. The second kappa shape index (κ2) is 25.9. The van der Waals surface area contributed by atoms with Gasteiger partial charge in [0.25, 0.3) is 0 Å². The van der Waals surface area contributed by atoms with E-state index in [0.29, 0.717) is 94.5 Å². The number of hydrogen-bond acceptors (Lipinski definition) is 9. The fourth-order valence-corrected chi connectivity index (χ4v) is 12.3. The maximum Gasteiger partial charge on any atom is 0.410 e. The Hall–Kier alpha value is -3.51. The Morgan fingerprint density at radius 3 is 1.81 bits per heavy atom. The highest BCUT2D eigenvalue weighted by Gasteiger charge is 2.59. The van der Waals surface area contributed by atoms with Gasteiger partial charge in [-0.2, -0.15) is 0 Å². The predicted octanol–water partition coefficient (Wildman–Crippen LogP) is 12.8. The summed E-state index contributed by atoms with van der Waals surface area (Å²) >= 11 is 0. The average Bonchev–Trinajstić information content (AvgIpc) is 3.63. The molecule has 402 valence electrons. The normalized spacial score (nSPS) is 25.9. The van der Waals surface area contributed by atoms with Gasteiger partial charge >= 0.3 is 24.2 Å². The number of ether oxygens (including phenoxy) is 4. The van der Waals surface area contributed by atoms with Crippen LogP contribution in [0.5, 0.6) is 0 Å². The molecule has 70 heavy (non-hydrogen) atoms. The van der Waals surface area contributed by atoms with E-state index in [0.717, 1.165) is 37.0 Å². The van der Waals surface area contributed by atoms with Gasteiger partial charge in [0.1, 0.15) is 22.9 Å². The van der Waals surface area contributed by atoms with Crippen LogP contribution in [0.15, 0.2) is 11.6 Å². The third kappa shape index (κ3) is 18.8. The standard InChI is InChI=1S/C57H100N4O9/c1-40(2)22-17-23-41(3)44-39-42-38-43(27-31-57(42,14)46-28-30-56(13)29-19-24-45(56)49(44)46)67-48(63)26-18-25-47(62)60(36-20-32-58-50(64)68-53(4,5)6)34-15-16-35-61(52(66)70-55(10,11)12)37-21-33-59-51(65)69-54(7,8)9/h39-41,43-46,49H,15-38H2,1-14H3,(H,58,64)(H,59,65)/t41-,43?,44?,45?,46?,49?,56?,57?/m1/s1. The van der Waals surface area contributed by atoms with Crippen LogP contribution in [-0.2, 0) is 28.5 Å². The summed E-state index contributed by atoms with van der Waals surface area (Å²) in [7, 11) is 0. The van der Waals surface area contributed by atoms with Gasteiger partial charge in [-0.3, -0.25) is 9.59 Å². The molecule has 8 atom stereocenters. The third-order valence-corrected chi connectivity index (χ3v) is 15.8. The monoisotopic (exact) mass is 985 g/mol. The summed E-state index contributed by atoms with van der Waals surface area (Å²) in [6, 6.07) is 0. The number of amides is 4. The van der Waals surface area contributed by atoms with Gasteiger partial charge in [-0.25, -0.2) is 14.4 Å². The molecule has 13 nitrogen and oxygen atoms in total. The zero-order chi connectivity index (χ0) is 52.1. The van der Waals surface area contributed by atoms with Crippen LogP contribution in [0.1, 0.15) is 213 Å². The number of hydrogen-bond donors (Lipinski definition) is 2. The van der Waals surface area contributed by atoms with E-state index in [1.807, 2.05) is 41.5 Å². The molecule has 3 fully saturated rings. The second-order valence-electron chi connectivity index (χ2n) is 25.7. The molecule has 0 heterocycles. The number of esters is 1. The summed E-state index contributed by atoms with van der Waals surface area (Å²) in [5, 5.41) is 5.54. The van der Waals surface area contributed by atoms with Crippen LogP contribution in [0.2, 0.25) is 0 Å². The molecule has 0 saturated heterocycles. The molecular formula is C57H100N4O9. The van der Waals surface area contributed by atoms with Crippen LogP contribution in [0.25, 0.3) is 0 Å². The van der Waals surface area contributed by atoms with Gasteiger partial charge in [0.15, 0.2) is 0 Å². The minimum absolute atomic E-state index is 0.0583. The van der Waals surface area contributed by atoms with Gasteiger partial charge in [-0.1, -0.05) is 72.0 Å². The topological polar surface area (TPSA) is 153 Å². The smallest absolute Gasteiger partial charge is 0.410 e. The molecule has 4 amide bonds. The van der Waals surface area contributed by atoms with E-state index in [2.05, 4.69) is 51.3 Å². The van der Waals surface area contributed by atoms with Crippen molar-refractivity contribution >= 4 is 30.2 Å². The lowest BCUT2D eigenvalue weighted by Crippen LogP contribution is -2.53. The van der Waals surface area contributed by atoms with E-state index < -0.39 is 35.1 Å². The van der Waals surface area contributed by atoms with Crippen molar-refractivity contribution in [3.63, 3.8) is 0 Å². The maximum atomic E-state index is 13.8. The zero-order valence-electron chi connectivity index (χ0n) is 46.7. The Balaban J connectivity index is 1.34. The van der Waals surface area contributed by atoms with Gasteiger partial charge in [0, 0.05) is 58.5 Å². The first-order valence-electron chi connectivity index (χ1n) is 27.7. The summed E-state index contributed by atoms with van der Waals surface area (Å²) in [6.07, 6.45) is 17.6. The number of carbonyl (C=O) groups excluding carboxylic acids is 5. The lowest BCUT2D eigenvalue weighted by Gasteiger charge is -2.60. The molecule has 0 aliphatic heterocycles. The Labute approximate surface area is 424 Å². The van der Waals surface area contributed by atoms with Gasteiger partial charge in [-0.15, -0.1) is 0 Å². The maximum absolute atomic E-state index is 13.8. The van der Waals surface area contributed by atoms with E-state index in [1.165, 1.54) is 56.9 Å². The molecule has 0 spiro atoms. The Morgan fingerprint density at radius 2 is 1.23 bits per heavy atom. The van der Waals surface area contributed by atoms with Gasteiger partial charge in [-0.05, 0) is 179 Å². The first-order valence-corrected chi connectivity index (χ1v) is 27.7. The second-order valence-corrected chi connectivity index (χ2v) is 25.7. The molecular weight excluding hydrogens is 885 g/mol. The highest BCUT2D eigenvalue weighted by molar-refractivity contribution is 5.77. The summed E-state index contributed by atoms with van der Waals surface area (Å²) in [5.41, 5.74) is 0.282. The SMILES string of the molecule is CC(C)CCC[C@@H](C)C1C=C2CC(OC(=O)CCCC(=O)N(CCCCN(CCCNC(=O)OC(C)(C)C)C(=O)OC(C)(C)C)CCCNC(=O)OC(C)(C)C)CCC2(C)C2CCC3(C)CCCC3C12. The minimum Gasteiger partial charge on any atom is -0.462 e. The highest BCUT2D eigenvalue weighted by Crippen LogP contribution is 2.67. The Kier molecular flexibility index (Phi) is 21.9. The van der Waals surface area contributed by atoms with E-state index in [1.54, 1.807) is 30.6 Å². The number of carbonyl (C=O) groups is 5. The quantitative estimate of drug-likeness (QED) is 0.0441. The molecule has 13 heteroatoms. The summed E-state index contributed by atoms with van der Waals surface area (Å²) in [5.74, 6) is 3.93. The molecule has 7 unspecified atom stereocenters. The van der Waals surface area contributed by atoms with Crippen molar-refractivity contribution in [1.29, 1.82) is 0 Å². The van der Waals surface area contributed by atoms with Gasteiger partial charge < -0.3 is 39.4 Å². The first kappa shape index (κ1) is 59.1. The number of nitrogens with one attached hydrogen (secondary N) is 2. The molecule has 2 N–H and O–H groups in total. The summed E-state index contributed by atoms with van der Waals surface area (Å²) in [4.78, 5) is 68.6. The van der Waals surface area contributed by atoms with Crippen LogP contribution in [0.3, 0.4) is 0 Å². The predicted molar refractivity (Wildman–Crippen MR) is 278 cm³/mol. The Bertz CT molecular complexity index is 1740. The van der Waals surface area contributed by atoms with Crippen molar-refractivity contribution in [2.45, 2.75) is 235 Å². The Morgan fingerprint density at radius 1 is 0.657 bits per heavy atom. The average molecular weight is 985 g/mol. The molecule has 0 aromatic carbocycles. The van der Waals surface area contributed by atoms with Crippen molar-refractivity contribution < 1.29 is 42.9 Å². The minimum atomic E-state index is -0.677. The van der Waals surface area contributed by atoms with Crippen LogP contribution in [0.4, 0.5) is 14.4 Å². The van der Waals surface area contributed by atoms with Crippen molar-refractivity contribution in [3.8, 4) is 0 Å². The fourth-order valence-electron chi connectivity index (χ4n) is 12.3. The first-order chi connectivity index (χ1) is 32.6. The van der Waals surface area contributed by atoms with E-state index in [9.17, 15) is 24.0 Å². The molecule has 4 aliphatic carbocycles. The lowest BCUT2D eigenvalue weighted by atomic mass is 9.45. The van der Waals surface area contributed by atoms with Crippen LogP contribution < -0.4 is 10.6 Å². The van der Waals surface area contributed by atoms with Gasteiger partial charge in [0.2, 0.25) is 5.91 Å². The van der Waals surface area contributed by atoms with E-state index in [4.69, 9.17) is 18.9 Å². The van der Waals surface area contributed by atoms with Crippen molar-refractivity contribution in [1.82, 2.24) is 20.4 Å². The van der Waals surface area contributed by atoms with Gasteiger partial charge in [0.05, 0.1) is 0 Å². The number of alkyl carbamates (subject to hydrolysis) is 2. The molecule has 0 aromatic heterocycles. The lowest BCUT2D eigenvalue weighted by molar-refractivity contribution is -0.152. The largest absolute Gasteiger partial charge is 0.462 e. The number of nitrogens with zero attached hydrogens (tertiary/aromatic N) is 2. The third-order valence-electron chi connectivity index (χ3n) is 15.8. The van der Waals surface area contributed by atoms with Crippen molar-refractivity contribution in [2.24, 2.45) is 46.3 Å². The fraction of sp³-hybridized carbons (Fsp3) is 0.877. The number of unbranched alkanes of at least 4 members (excludes halogenated alkanes) is 1. The van der Waals surface area contributed by atoms with Crippen molar-refractivity contribution in [3.05, 3.63) is 11.6 Å². The molecule has 0 bridgehead atoms. The zero-order valence-corrected chi connectivity index (χ0v) is 46.7. The molecule has 0 aromatic rings. The van der Waals surface area contributed by atoms with E-state index >= 15 is 0 Å². The van der Waals surface area contributed by atoms with E-state index in [-0.39, 0.29) is 36.2 Å². The molecule has 4 aliphatic rings. The molecule has 4 rings (SSSR count). The van der Waals surface area contributed by atoms with Crippen molar-refractivity contribution in [2.75, 3.05) is 39.3 Å². The van der Waals surface area contributed by atoms with Crippen LogP contribution in [0, 0.1) is 46.3 Å².